The number of carbonyl (C=O) groups excluding carboxylic acids is 2. The summed E-state index contributed by atoms with van der Waals surface area (Å²) in [5.74, 6) is 0. The van der Waals surface area contributed by atoms with Gasteiger partial charge in [0.15, 0.2) is 0 Å². The molecule has 0 radical (unpaired) electrons. The zero-order chi connectivity index (χ0) is 18.4. The van der Waals surface area contributed by atoms with Gasteiger partial charge in [-0.15, -0.1) is 0 Å². The molecule has 0 aromatic carbocycles. The van der Waals surface area contributed by atoms with Gasteiger partial charge in [0.25, 0.3) is 0 Å². The first kappa shape index (κ1) is 21.5. The Morgan fingerprint density at radius 3 is 1.65 bits per heavy atom. The third-order valence-electron chi connectivity index (χ3n) is 2.90. The molecule has 0 saturated heterocycles. The molecule has 0 bridgehead atoms. The lowest BCUT2D eigenvalue weighted by molar-refractivity contribution is 0.00977. The first-order valence-electron chi connectivity index (χ1n) is 8.24. The summed E-state index contributed by atoms with van der Waals surface area (Å²) in [5.41, 5.74) is -1.08. The highest BCUT2D eigenvalue weighted by atomic mass is 16.6. The Morgan fingerprint density at radius 1 is 0.870 bits per heavy atom. The van der Waals surface area contributed by atoms with E-state index >= 15 is 0 Å². The highest BCUT2D eigenvalue weighted by molar-refractivity contribution is 5.69. The van der Waals surface area contributed by atoms with E-state index in [4.69, 9.17) is 9.47 Å². The third-order valence-corrected chi connectivity index (χ3v) is 2.90. The van der Waals surface area contributed by atoms with E-state index in [1.54, 1.807) is 9.80 Å². The molecule has 0 aliphatic heterocycles. The van der Waals surface area contributed by atoms with Crippen molar-refractivity contribution in [2.24, 2.45) is 0 Å². The Balaban J connectivity index is 4.77. The molecule has 0 heterocycles. The van der Waals surface area contributed by atoms with Crippen LogP contribution in [-0.2, 0) is 9.47 Å². The second-order valence-corrected chi connectivity index (χ2v) is 7.83. The van der Waals surface area contributed by atoms with Crippen LogP contribution in [0.15, 0.2) is 0 Å². The van der Waals surface area contributed by atoms with Crippen LogP contribution in [0.5, 0.6) is 0 Å². The highest BCUT2D eigenvalue weighted by Crippen LogP contribution is 2.13. The molecule has 0 aliphatic rings. The molecule has 0 fully saturated rings. The first-order valence-corrected chi connectivity index (χ1v) is 8.24. The molecule has 136 valence electrons. The maximum Gasteiger partial charge on any atom is 0.410 e. The SMILES string of the molecule is CCN(CCN(C(=O)OC(C)(C)C)C(C)C)C(=O)OC(C)(C)C. The molecule has 23 heavy (non-hydrogen) atoms. The van der Waals surface area contributed by atoms with Crippen LogP contribution in [-0.4, -0.2) is 58.9 Å². The zero-order valence-electron chi connectivity index (χ0n) is 16.2. The standard InChI is InChI=1S/C17H34N2O4/c1-10-18(14(20)22-16(4,5)6)11-12-19(13(2)3)15(21)23-17(7,8)9/h13H,10-12H2,1-9H3. The smallest absolute Gasteiger partial charge is 0.410 e. The van der Waals surface area contributed by atoms with E-state index in [1.807, 2.05) is 62.3 Å². The Labute approximate surface area is 141 Å². The van der Waals surface area contributed by atoms with Crippen LogP contribution in [0.4, 0.5) is 9.59 Å². The fourth-order valence-corrected chi connectivity index (χ4v) is 1.81. The zero-order valence-corrected chi connectivity index (χ0v) is 16.2. The first-order chi connectivity index (χ1) is 10.3. The summed E-state index contributed by atoms with van der Waals surface area (Å²) in [6.45, 7) is 18.1. The van der Waals surface area contributed by atoms with Crippen molar-refractivity contribution >= 4 is 12.2 Å². The van der Waals surface area contributed by atoms with Gasteiger partial charge in [-0.25, -0.2) is 9.59 Å². The molecular weight excluding hydrogens is 296 g/mol. The van der Waals surface area contributed by atoms with E-state index in [-0.39, 0.29) is 18.2 Å². The number of rotatable bonds is 5. The second-order valence-electron chi connectivity index (χ2n) is 7.83. The molecule has 0 atom stereocenters. The summed E-state index contributed by atoms with van der Waals surface area (Å²) in [4.78, 5) is 27.6. The van der Waals surface area contributed by atoms with Crippen molar-refractivity contribution in [3.63, 3.8) is 0 Å². The van der Waals surface area contributed by atoms with Gasteiger partial charge in [0, 0.05) is 25.7 Å². The summed E-state index contributed by atoms with van der Waals surface area (Å²) in [5, 5.41) is 0. The number of likely N-dealkylation sites (N-methyl/N-ethyl adjacent to an activating group) is 1. The molecule has 6 nitrogen and oxygen atoms in total. The summed E-state index contributed by atoms with van der Waals surface area (Å²) >= 11 is 0. The van der Waals surface area contributed by atoms with Crippen LogP contribution in [0, 0.1) is 0 Å². The minimum Gasteiger partial charge on any atom is -0.444 e. The quantitative estimate of drug-likeness (QED) is 0.767. The van der Waals surface area contributed by atoms with Crippen molar-refractivity contribution in [1.29, 1.82) is 0 Å². The lowest BCUT2D eigenvalue weighted by Gasteiger charge is -2.32. The lowest BCUT2D eigenvalue weighted by Crippen LogP contribution is -2.46. The number of nitrogens with zero attached hydrogens (tertiary/aromatic N) is 2. The molecule has 6 heteroatoms. The summed E-state index contributed by atoms with van der Waals surface area (Å²) in [6.07, 6.45) is -0.736. The molecule has 0 unspecified atom stereocenters. The van der Waals surface area contributed by atoms with Crippen molar-refractivity contribution in [1.82, 2.24) is 9.80 Å². The van der Waals surface area contributed by atoms with Gasteiger partial charge in [-0.1, -0.05) is 0 Å². The lowest BCUT2D eigenvalue weighted by atomic mass is 10.2. The topological polar surface area (TPSA) is 59.1 Å². The molecule has 0 saturated carbocycles. The average molecular weight is 330 g/mol. The van der Waals surface area contributed by atoms with Gasteiger partial charge >= 0.3 is 12.2 Å². The number of amides is 2. The van der Waals surface area contributed by atoms with Crippen LogP contribution in [0.3, 0.4) is 0 Å². The van der Waals surface area contributed by atoms with Crippen molar-refractivity contribution in [2.45, 2.75) is 79.6 Å². The Hall–Kier alpha value is -1.46. The number of hydrogen-bond donors (Lipinski definition) is 0. The van der Waals surface area contributed by atoms with Crippen LogP contribution in [0.1, 0.15) is 62.3 Å². The normalized spacial score (nSPS) is 12.1. The fraction of sp³-hybridized carbons (Fsp3) is 0.882. The van der Waals surface area contributed by atoms with Crippen molar-refractivity contribution in [3.05, 3.63) is 0 Å². The summed E-state index contributed by atoms with van der Waals surface area (Å²) in [6, 6.07) is -0.0119. The van der Waals surface area contributed by atoms with Crippen molar-refractivity contribution in [2.75, 3.05) is 19.6 Å². The van der Waals surface area contributed by atoms with Crippen LogP contribution in [0.2, 0.25) is 0 Å². The van der Waals surface area contributed by atoms with Gasteiger partial charge in [0.05, 0.1) is 0 Å². The molecule has 0 spiro atoms. The Bertz CT molecular complexity index is 394. The number of ether oxygens (including phenoxy) is 2. The minimum atomic E-state index is -0.542. The van der Waals surface area contributed by atoms with E-state index in [2.05, 4.69) is 0 Å². The second kappa shape index (κ2) is 8.41. The average Bonchev–Trinajstić information content (AvgIpc) is 2.29. The molecule has 0 rings (SSSR count). The molecular formula is C17H34N2O4. The van der Waals surface area contributed by atoms with Gasteiger partial charge in [0.2, 0.25) is 0 Å². The maximum absolute atomic E-state index is 12.3. The van der Waals surface area contributed by atoms with Gasteiger partial charge in [-0.3, -0.25) is 0 Å². The van der Waals surface area contributed by atoms with Crippen LogP contribution in [0.25, 0.3) is 0 Å². The number of carbonyl (C=O) groups is 2. The van der Waals surface area contributed by atoms with E-state index in [0.717, 1.165) is 0 Å². The van der Waals surface area contributed by atoms with Crippen molar-refractivity contribution < 1.29 is 19.1 Å². The molecule has 0 N–H and O–H groups in total. The Kier molecular flexibility index (Phi) is 7.87. The Morgan fingerprint density at radius 2 is 1.30 bits per heavy atom. The van der Waals surface area contributed by atoms with E-state index < -0.39 is 11.2 Å². The van der Waals surface area contributed by atoms with Gasteiger partial charge in [-0.2, -0.15) is 0 Å². The fourth-order valence-electron chi connectivity index (χ4n) is 1.81. The molecule has 0 aliphatic carbocycles. The van der Waals surface area contributed by atoms with Gasteiger partial charge in [0.1, 0.15) is 11.2 Å². The van der Waals surface area contributed by atoms with E-state index in [9.17, 15) is 9.59 Å². The van der Waals surface area contributed by atoms with Crippen LogP contribution < -0.4 is 0 Å². The summed E-state index contributed by atoms with van der Waals surface area (Å²) in [7, 11) is 0. The number of hydrogen-bond acceptors (Lipinski definition) is 4. The van der Waals surface area contributed by atoms with Gasteiger partial charge in [-0.05, 0) is 62.3 Å². The molecule has 0 aromatic heterocycles. The van der Waals surface area contributed by atoms with E-state index in [1.165, 1.54) is 0 Å². The maximum atomic E-state index is 12.3. The third kappa shape index (κ3) is 9.31. The summed E-state index contributed by atoms with van der Waals surface area (Å²) < 4.78 is 10.8. The minimum absolute atomic E-state index is 0.0119. The predicted octanol–water partition coefficient (Wildman–Crippen LogP) is 3.89. The highest BCUT2D eigenvalue weighted by Gasteiger charge is 2.26. The van der Waals surface area contributed by atoms with Gasteiger partial charge < -0.3 is 19.3 Å². The molecule has 2 amide bonds. The van der Waals surface area contributed by atoms with Crippen LogP contribution >= 0.6 is 0 Å². The largest absolute Gasteiger partial charge is 0.444 e. The van der Waals surface area contributed by atoms with Crippen molar-refractivity contribution in [3.8, 4) is 0 Å². The van der Waals surface area contributed by atoms with E-state index in [0.29, 0.717) is 19.6 Å². The molecule has 0 aromatic rings. The monoisotopic (exact) mass is 330 g/mol. The predicted molar refractivity (Wildman–Crippen MR) is 91.6 cm³/mol.